The number of hydrogen-bond acceptors (Lipinski definition) is 4. The Morgan fingerprint density at radius 3 is 2.62 bits per heavy atom. The average Bonchev–Trinajstić information content (AvgIpc) is 2.93. The van der Waals surface area contributed by atoms with E-state index in [1.54, 1.807) is 6.20 Å². The van der Waals surface area contributed by atoms with Crippen LogP contribution in [0, 0.1) is 0 Å². The van der Waals surface area contributed by atoms with Crippen molar-refractivity contribution in [1.29, 1.82) is 0 Å². The molecule has 1 aromatic carbocycles. The van der Waals surface area contributed by atoms with Crippen LogP contribution in [0.3, 0.4) is 0 Å². The van der Waals surface area contributed by atoms with E-state index in [9.17, 15) is 4.79 Å². The molecule has 1 unspecified atom stereocenters. The van der Waals surface area contributed by atoms with E-state index in [1.165, 1.54) is 0 Å². The molecule has 5 nitrogen and oxygen atoms in total. The maximum absolute atomic E-state index is 11.0. The van der Waals surface area contributed by atoms with Gasteiger partial charge in [0.05, 0.1) is 6.20 Å². The molecule has 0 radical (unpaired) electrons. The van der Waals surface area contributed by atoms with Crippen LogP contribution in [0.15, 0.2) is 40.9 Å². The van der Waals surface area contributed by atoms with Crippen LogP contribution in [-0.2, 0) is 11.2 Å². The fraction of sp³-hybridized carbons (Fsp3) is 0.375. The lowest BCUT2D eigenvalue weighted by Crippen LogP contribution is -2.18. The summed E-state index contributed by atoms with van der Waals surface area (Å²) in [6.07, 6.45) is 1.73. The van der Waals surface area contributed by atoms with Crippen molar-refractivity contribution < 1.29 is 13.9 Å². The van der Waals surface area contributed by atoms with Crippen molar-refractivity contribution in [3.05, 3.63) is 53.7 Å². The molecule has 2 aromatic rings. The van der Waals surface area contributed by atoms with E-state index in [1.807, 2.05) is 44.2 Å². The van der Waals surface area contributed by atoms with Crippen molar-refractivity contribution in [2.75, 3.05) is 0 Å². The van der Waals surface area contributed by atoms with Gasteiger partial charge in [0.2, 0.25) is 0 Å². The molecule has 1 heterocycles. The lowest BCUT2D eigenvalue weighted by Gasteiger charge is -2.16. The molecule has 1 aromatic heterocycles. The van der Waals surface area contributed by atoms with Crippen molar-refractivity contribution in [2.24, 2.45) is 5.73 Å². The lowest BCUT2D eigenvalue weighted by atomic mass is 10.0. The van der Waals surface area contributed by atoms with Crippen molar-refractivity contribution in [1.82, 2.24) is 4.98 Å². The highest BCUT2D eigenvalue weighted by atomic mass is 16.6. The van der Waals surface area contributed by atoms with Crippen molar-refractivity contribution in [3.8, 4) is 0 Å². The highest BCUT2D eigenvalue weighted by Gasteiger charge is 2.17. The molecule has 5 heteroatoms. The number of benzene rings is 1. The SMILES string of the molecule is CC(C)c1cnc(CCC(OC(N)=O)c2ccccc2)o1. The molecule has 0 aliphatic rings. The number of hydrogen-bond donors (Lipinski definition) is 1. The Labute approximate surface area is 124 Å². The van der Waals surface area contributed by atoms with Gasteiger partial charge in [0.1, 0.15) is 11.9 Å². The van der Waals surface area contributed by atoms with E-state index in [0.29, 0.717) is 24.7 Å². The number of nitrogens with two attached hydrogens (primary N) is 1. The Bertz CT molecular complexity index is 578. The van der Waals surface area contributed by atoms with Gasteiger partial charge in [-0.15, -0.1) is 0 Å². The van der Waals surface area contributed by atoms with Gasteiger partial charge in [0.25, 0.3) is 0 Å². The average molecular weight is 288 g/mol. The van der Waals surface area contributed by atoms with Gasteiger partial charge in [-0.1, -0.05) is 44.2 Å². The molecule has 2 N–H and O–H groups in total. The fourth-order valence-corrected chi connectivity index (χ4v) is 2.06. The third kappa shape index (κ3) is 4.34. The van der Waals surface area contributed by atoms with E-state index >= 15 is 0 Å². The Balaban J connectivity index is 2.03. The van der Waals surface area contributed by atoms with Crippen LogP contribution < -0.4 is 5.73 Å². The monoisotopic (exact) mass is 288 g/mol. The number of aromatic nitrogens is 1. The van der Waals surface area contributed by atoms with Crippen LogP contribution >= 0.6 is 0 Å². The molecule has 112 valence electrons. The summed E-state index contributed by atoms with van der Waals surface area (Å²) < 4.78 is 10.8. The van der Waals surface area contributed by atoms with Crippen LogP contribution in [0.4, 0.5) is 4.79 Å². The molecule has 0 saturated heterocycles. The molecular weight excluding hydrogens is 268 g/mol. The second-order valence-electron chi connectivity index (χ2n) is 5.19. The minimum absolute atomic E-state index is 0.304. The molecule has 0 bridgehead atoms. The third-order valence-corrected chi connectivity index (χ3v) is 3.19. The fourth-order valence-electron chi connectivity index (χ4n) is 2.06. The van der Waals surface area contributed by atoms with E-state index in [-0.39, 0.29) is 0 Å². The second-order valence-corrected chi connectivity index (χ2v) is 5.19. The van der Waals surface area contributed by atoms with Crippen molar-refractivity contribution >= 4 is 6.09 Å². The highest BCUT2D eigenvalue weighted by Crippen LogP contribution is 2.24. The second kappa shape index (κ2) is 6.92. The van der Waals surface area contributed by atoms with Gasteiger partial charge in [-0.25, -0.2) is 9.78 Å². The summed E-state index contributed by atoms with van der Waals surface area (Å²) in [5.74, 6) is 1.81. The first-order valence-corrected chi connectivity index (χ1v) is 7.02. The molecule has 1 atom stereocenters. The maximum Gasteiger partial charge on any atom is 0.405 e. The van der Waals surface area contributed by atoms with Crippen LogP contribution in [0.1, 0.15) is 49.5 Å². The normalized spacial score (nSPS) is 12.3. The molecule has 0 spiro atoms. The number of carbonyl (C=O) groups is 1. The Hall–Kier alpha value is -2.30. The maximum atomic E-state index is 11.0. The van der Waals surface area contributed by atoms with Crippen LogP contribution in [-0.4, -0.2) is 11.1 Å². The summed E-state index contributed by atoms with van der Waals surface area (Å²) in [5, 5.41) is 0. The standard InChI is InChI=1S/C16H20N2O3/c1-11(2)14-10-18-15(20-14)9-8-13(21-16(17)19)12-6-4-3-5-7-12/h3-7,10-11,13H,8-9H2,1-2H3,(H2,17,19). The lowest BCUT2D eigenvalue weighted by molar-refractivity contribution is 0.100. The van der Waals surface area contributed by atoms with Gasteiger partial charge in [-0.05, 0) is 12.0 Å². The quantitative estimate of drug-likeness (QED) is 0.881. The van der Waals surface area contributed by atoms with E-state index < -0.39 is 12.2 Å². The molecule has 21 heavy (non-hydrogen) atoms. The zero-order valence-corrected chi connectivity index (χ0v) is 12.3. The number of nitrogens with zero attached hydrogens (tertiary/aromatic N) is 1. The molecule has 0 saturated carbocycles. The zero-order chi connectivity index (χ0) is 15.2. The summed E-state index contributed by atoms with van der Waals surface area (Å²) in [5.41, 5.74) is 6.05. The van der Waals surface area contributed by atoms with Crippen LogP contribution in [0.25, 0.3) is 0 Å². The molecule has 1 amide bonds. The van der Waals surface area contributed by atoms with Crippen LogP contribution in [0.5, 0.6) is 0 Å². The number of carbonyl (C=O) groups excluding carboxylic acids is 1. The van der Waals surface area contributed by atoms with Crippen LogP contribution in [0.2, 0.25) is 0 Å². The Morgan fingerprint density at radius 1 is 1.33 bits per heavy atom. The summed E-state index contributed by atoms with van der Waals surface area (Å²) in [7, 11) is 0. The predicted molar refractivity (Wildman–Crippen MR) is 78.8 cm³/mol. The summed E-state index contributed by atoms with van der Waals surface area (Å²) >= 11 is 0. The van der Waals surface area contributed by atoms with Gasteiger partial charge < -0.3 is 14.9 Å². The first-order chi connectivity index (χ1) is 10.1. The number of amides is 1. The minimum atomic E-state index is -0.779. The third-order valence-electron chi connectivity index (χ3n) is 3.19. The Kier molecular flexibility index (Phi) is 4.98. The van der Waals surface area contributed by atoms with Gasteiger partial charge in [0.15, 0.2) is 5.89 Å². The zero-order valence-electron chi connectivity index (χ0n) is 12.3. The highest BCUT2D eigenvalue weighted by molar-refractivity contribution is 5.65. The summed E-state index contributed by atoms with van der Waals surface area (Å²) in [4.78, 5) is 15.3. The number of rotatable bonds is 6. The molecular formula is C16H20N2O3. The van der Waals surface area contributed by atoms with Gasteiger partial charge in [-0.3, -0.25) is 0 Å². The number of oxazole rings is 1. The Morgan fingerprint density at radius 2 is 2.05 bits per heavy atom. The molecule has 0 aliphatic carbocycles. The van der Waals surface area contributed by atoms with E-state index in [0.717, 1.165) is 11.3 Å². The van der Waals surface area contributed by atoms with E-state index in [2.05, 4.69) is 4.98 Å². The van der Waals surface area contributed by atoms with Crippen molar-refractivity contribution in [3.63, 3.8) is 0 Å². The molecule has 2 rings (SSSR count). The van der Waals surface area contributed by atoms with Crippen molar-refractivity contribution in [2.45, 2.75) is 38.7 Å². The van der Waals surface area contributed by atoms with Gasteiger partial charge in [-0.2, -0.15) is 0 Å². The first kappa shape index (κ1) is 15.1. The minimum Gasteiger partial charge on any atom is -0.445 e. The number of aryl methyl sites for hydroxylation is 1. The predicted octanol–water partition coefficient (Wildman–Crippen LogP) is 3.57. The molecule has 0 fully saturated rings. The number of ether oxygens (including phenoxy) is 1. The van der Waals surface area contributed by atoms with E-state index in [4.69, 9.17) is 14.9 Å². The topological polar surface area (TPSA) is 78.4 Å². The van der Waals surface area contributed by atoms with Gasteiger partial charge >= 0.3 is 6.09 Å². The molecule has 0 aliphatic heterocycles. The number of primary amides is 1. The first-order valence-electron chi connectivity index (χ1n) is 7.02. The largest absolute Gasteiger partial charge is 0.445 e. The smallest absolute Gasteiger partial charge is 0.405 e. The van der Waals surface area contributed by atoms with Gasteiger partial charge in [0, 0.05) is 12.3 Å². The summed E-state index contributed by atoms with van der Waals surface area (Å²) in [6.45, 7) is 4.10. The summed E-state index contributed by atoms with van der Waals surface area (Å²) in [6, 6.07) is 9.52.